The van der Waals surface area contributed by atoms with Crippen LogP contribution in [0.25, 0.3) is 0 Å². The first kappa shape index (κ1) is 15.5. The fourth-order valence-electron chi connectivity index (χ4n) is 2.50. The summed E-state index contributed by atoms with van der Waals surface area (Å²) in [5.41, 5.74) is 9.37. The van der Waals surface area contributed by atoms with Gasteiger partial charge in [-0.05, 0) is 55.8 Å². The second-order valence-corrected chi connectivity index (χ2v) is 6.83. The Morgan fingerprint density at radius 2 is 2.10 bits per heavy atom. The van der Waals surface area contributed by atoms with E-state index in [9.17, 15) is 0 Å². The Morgan fingerprint density at radius 1 is 1.40 bits per heavy atom. The molecule has 1 fully saturated rings. The van der Waals surface area contributed by atoms with E-state index >= 15 is 0 Å². The van der Waals surface area contributed by atoms with E-state index in [0.29, 0.717) is 4.99 Å². The fourth-order valence-corrected chi connectivity index (χ4v) is 2.63. The smallest absolute Gasteiger partial charge is 0.103 e. The van der Waals surface area contributed by atoms with Gasteiger partial charge in [0.25, 0.3) is 0 Å². The summed E-state index contributed by atoms with van der Waals surface area (Å²) in [5, 5.41) is 0. The van der Waals surface area contributed by atoms with Gasteiger partial charge in [-0.25, -0.2) is 0 Å². The average molecular weight is 290 g/mol. The highest BCUT2D eigenvalue weighted by Crippen LogP contribution is 2.29. The standard InChI is InChI=1S/C17H26N2S/c1-12(2)8-9-19(16-6-7-16)11-15-5-4-14(17(18)20)10-13(15)3/h4-5,10,12,16H,6-9,11H2,1-3H3,(H2,18,20). The molecule has 0 saturated heterocycles. The maximum absolute atomic E-state index is 5.69. The highest BCUT2D eigenvalue weighted by atomic mass is 32.1. The van der Waals surface area contributed by atoms with Gasteiger partial charge in [-0.15, -0.1) is 0 Å². The Morgan fingerprint density at radius 3 is 2.60 bits per heavy atom. The van der Waals surface area contributed by atoms with Crippen LogP contribution in [0, 0.1) is 12.8 Å². The van der Waals surface area contributed by atoms with Crippen molar-refractivity contribution in [3.05, 3.63) is 34.9 Å². The monoisotopic (exact) mass is 290 g/mol. The van der Waals surface area contributed by atoms with E-state index in [4.69, 9.17) is 18.0 Å². The number of aryl methyl sites for hydroxylation is 1. The third-order valence-electron chi connectivity index (χ3n) is 4.06. The number of hydrogen-bond acceptors (Lipinski definition) is 2. The van der Waals surface area contributed by atoms with E-state index in [-0.39, 0.29) is 0 Å². The summed E-state index contributed by atoms with van der Waals surface area (Å²) in [4.78, 5) is 3.13. The summed E-state index contributed by atoms with van der Waals surface area (Å²) in [6.07, 6.45) is 4.00. The molecular weight excluding hydrogens is 264 g/mol. The molecule has 0 unspecified atom stereocenters. The molecule has 0 atom stereocenters. The maximum Gasteiger partial charge on any atom is 0.103 e. The molecule has 0 spiro atoms. The van der Waals surface area contributed by atoms with E-state index in [1.165, 1.54) is 36.9 Å². The quantitative estimate of drug-likeness (QED) is 0.777. The molecule has 3 heteroatoms. The molecule has 1 aromatic rings. The van der Waals surface area contributed by atoms with E-state index in [2.05, 4.69) is 43.9 Å². The van der Waals surface area contributed by atoms with Gasteiger partial charge in [0.05, 0.1) is 0 Å². The third kappa shape index (κ3) is 4.29. The van der Waals surface area contributed by atoms with Crippen LogP contribution in [0.4, 0.5) is 0 Å². The van der Waals surface area contributed by atoms with E-state index in [1.54, 1.807) is 0 Å². The normalized spacial score (nSPS) is 15.1. The lowest BCUT2D eigenvalue weighted by Gasteiger charge is -2.24. The lowest BCUT2D eigenvalue weighted by atomic mass is 10.0. The van der Waals surface area contributed by atoms with Crippen LogP contribution in [0.1, 0.15) is 49.8 Å². The second-order valence-electron chi connectivity index (χ2n) is 6.39. The number of hydrogen-bond donors (Lipinski definition) is 1. The minimum Gasteiger partial charge on any atom is -0.389 e. The molecule has 0 amide bonds. The molecule has 1 aromatic carbocycles. The number of nitrogens with two attached hydrogens (primary N) is 1. The minimum absolute atomic E-state index is 0.485. The van der Waals surface area contributed by atoms with Gasteiger partial charge < -0.3 is 5.73 Å². The van der Waals surface area contributed by atoms with Crippen LogP contribution < -0.4 is 5.73 Å². The second kappa shape index (κ2) is 6.68. The van der Waals surface area contributed by atoms with Crippen molar-refractivity contribution < 1.29 is 0 Å². The largest absolute Gasteiger partial charge is 0.389 e. The maximum atomic E-state index is 5.69. The predicted molar refractivity (Wildman–Crippen MR) is 90.0 cm³/mol. The van der Waals surface area contributed by atoms with E-state index in [0.717, 1.165) is 24.1 Å². The molecule has 2 nitrogen and oxygen atoms in total. The minimum atomic E-state index is 0.485. The van der Waals surface area contributed by atoms with Gasteiger partial charge in [-0.1, -0.05) is 38.2 Å². The van der Waals surface area contributed by atoms with Gasteiger partial charge >= 0.3 is 0 Å². The molecule has 2 N–H and O–H groups in total. The van der Waals surface area contributed by atoms with Crippen molar-refractivity contribution in [2.24, 2.45) is 11.7 Å². The average Bonchev–Trinajstić information content (AvgIpc) is 3.19. The van der Waals surface area contributed by atoms with Crippen molar-refractivity contribution in [1.82, 2.24) is 4.90 Å². The van der Waals surface area contributed by atoms with E-state index in [1.807, 2.05) is 0 Å². The highest BCUT2D eigenvalue weighted by Gasteiger charge is 2.28. The third-order valence-corrected chi connectivity index (χ3v) is 4.29. The topological polar surface area (TPSA) is 29.3 Å². The van der Waals surface area contributed by atoms with Gasteiger partial charge in [0.2, 0.25) is 0 Å². The number of rotatable bonds is 7. The lowest BCUT2D eigenvalue weighted by molar-refractivity contribution is 0.239. The van der Waals surface area contributed by atoms with Crippen molar-refractivity contribution in [2.45, 2.75) is 52.6 Å². The molecule has 1 aliphatic rings. The van der Waals surface area contributed by atoms with Gasteiger partial charge in [0.15, 0.2) is 0 Å². The Bertz CT molecular complexity index is 478. The van der Waals surface area contributed by atoms with Crippen LogP contribution in [0.3, 0.4) is 0 Å². The molecule has 0 aromatic heterocycles. The van der Waals surface area contributed by atoms with E-state index < -0.39 is 0 Å². The lowest BCUT2D eigenvalue weighted by Crippen LogP contribution is -2.28. The zero-order valence-electron chi connectivity index (χ0n) is 12.9. The highest BCUT2D eigenvalue weighted by molar-refractivity contribution is 7.80. The Kier molecular flexibility index (Phi) is 5.17. The molecule has 0 aliphatic heterocycles. The summed E-state index contributed by atoms with van der Waals surface area (Å²) in [6, 6.07) is 7.17. The number of nitrogens with zero attached hydrogens (tertiary/aromatic N) is 1. The van der Waals surface area contributed by atoms with Gasteiger partial charge in [-0.3, -0.25) is 4.90 Å². The number of benzene rings is 1. The zero-order chi connectivity index (χ0) is 14.7. The van der Waals surface area contributed by atoms with Crippen LogP contribution in [0.5, 0.6) is 0 Å². The molecule has 2 rings (SSSR count). The molecule has 0 radical (unpaired) electrons. The van der Waals surface area contributed by atoms with Crippen LogP contribution in [-0.2, 0) is 6.54 Å². The predicted octanol–water partition coefficient (Wildman–Crippen LogP) is 3.64. The Balaban J connectivity index is 2.04. The molecule has 1 aliphatic carbocycles. The molecule has 1 saturated carbocycles. The molecule has 0 heterocycles. The van der Waals surface area contributed by atoms with Crippen molar-refractivity contribution in [2.75, 3.05) is 6.54 Å². The van der Waals surface area contributed by atoms with Crippen LogP contribution in [0.15, 0.2) is 18.2 Å². The SMILES string of the molecule is Cc1cc(C(N)=S)ccc1CN(CCC(C)C)C1CC1. The summed E-state index contributed by atoms with van der Waals surface area (Å²) >= 11 is 5.04. The van der Waals surface area contributed by atoms with Gasteiger partial charge in [-0.2, -0.15) is 0 Å². The first-order chi connectivity index (χ1) is 9.47. The molecular formula is C17H26N2S. The summed E-state index contributed by atoms with van der Waals surface area (Å²) in [5.74, 6) is 0.773. The van der Waals surface area contributed by atoms with Crippen LogP contribution >= 0.6 is 12.2 Å². The van der Waals surface area contributed by atoms with Crippen molar-refractivity contribution in [3.63, 3.8) is 0 Å². The number of thiocarbonyl (C=S) groups is 1. The molecule has 110 valence electrons. The van der Waals surface area contributed by atoms with Crippen molar-refractivity contribution >= 4 is 17.2 Å². The summed E-state index contributed by atoms with van der Waals surface area (Å²) < 4.78 is 0. The van der Waals surface area contributed by atoms with Crippen LogP contribution in [-0.4, -0.2) is 22.5 Å². The Hall–Kier alpha value is -0.930. The molecule has 0 bridgehead atoms. The van der Waals surface area contributed by atoms with Crippen molar-refractivity contribution in [1.29, 1.82) is 0 Å². The fraction of sp³-hybridized carbons (Fsp3) is 0.588. The first-order valence-corrected chi connectivity index (χ1v) is 8.01. The van der Waals surface area contributed by atoms with Gasteiger partial charge in [0, 0.05) is 18.2 Å². The van der Waals surface area contributed by atoms with Gasteiger partial charge in [0.1, 0.15) is 4.99 Å². The van der Waals surface area contributed by atoms with Crippen LogP contribution in [0.2, 0.25) is 0 Å². The first-order valence-electron chi connectivity index (χ1n) is 7.60. The van der Waals surface area contributed by atoms with Crippen molar-refractivity contribution in [3.8, 4) is 0 Å². The summed E-state index contributed by atoms with van der Waals surface area (Å²) in [6.45, 7) is 9.02. The zero-order valence-corrected chi connectivity index (χ0v) is 13.7. The Labute approximate surface area is 128 Å². The molecule has 20 heavy (non-hydrogen) atoms. The summed E-state index contributed by atoms with van der Waals surface area (Å²) in [7, 11) is 0.